The third-order valence-corrected chi connectivity index (χ3v) is 4.43. The Labute approximate surface area is 146 Å². The van der Waals surface area contributed by atoms with Gasteiger partial charge in [-0.1, -0.05) is 36.1 Å². The molecule has 1 fully saturated rings. The van der Waals surface area contributed by atoms with Gasteiger partial charge >= 0.3 is 0 Å². The predicted octanol–water partition coefficient (Wildman–Crippen LogP) is 3.87. The lowest BCUT2D eigenvalue weighted by atomic mass is 10.2. The topological polar surface area (TPSA) is 38.8 Å². The van der Waals surface area contributed by atoms with Crippen LogP contribution in [0.5, 0.6) is 11.5 Å². The van der Waals surface area contributed by atoms with Gasteiger partial charge in [0.2, 0.25) is 0 Å². The van der Waals surface area contributed by atoms with Crippen molar-refractivity contribution < 1.29 is 14.3 Å². The zero-order chi connectivity index (χ0) is 16.8. The Balaban J connectivity index is 2.28. The monoisotopic (exact) mass is 349 g/mol. The number of thioether (sulfide) groups is 1. The summed E-state index contributed by atoms with van der Waals surface area (Å²) < 4.78 is 11.7. The van der Waals surface area contributed by atoms with E-state index in [0.29, 0.717) is 40.5 Å². The summed E-state index contributed by atoms with van der Waals surface area (Å²) in [5.74, 6) is 1.28. The standard InChI is InChI=1S/C17H19NO3S2/c1-4-9-18-16(19)15(23-17(18)22)11-12-7-8-13(20-5-2)14(10-12)21-6-3/h4,7-8,10-11H,1,5-6,9H2,2-3H3. The second-order valence-corrected chi connectivity index (χ2v) is 6.33. The lowest BCUT2D eigenvalue weighted by Crippen LogP contribution is -2.27. The molecule has 0 bridgehead atoms. The van der Waals surface area contributed by atoms with E-state index in [4.69, 9.17) is 21.7 Å². The van der Waals surface area contributed by atoms with E-state index in [1.165, 1.54) is 16.7 Å². The van der Waals surface area contributed by atoms with Crippen LogP contribution in [-0.2, 0) is 4.79 Å². The molecule has 0 atom stereocenters. The maximum Gasteiger partial charge on any atom is 0.266 e. The molecule has 0 radical (unpaired) electrons. The molecule has 1 heterocycles. The fraction of sp³-hybridized carbons (Fsp3) is 0.294. The summed E-state index contributed by atoms with van der Waals surface area (Å²) in [7, 11) is 0. The first kappa shape index (κ1) is 17.6. The Morgan fingerprint density at radius 3 is 2.61 bits per heavy atom. The van der Waals surface area contributed by atoms with Crippen LogP contribution in [0.4, 0.5) is 0 Å². The molecule has 1 aromatic rings. The normalized spacial score (nSPS) is 16.1. The minimum absolute atomic E-state index is 0.0910. The number of rotatable bonds is 7. The van der Waals surface area contributed by atoms with Crippen LogP contribution in [0.1, 0.15) is 19.4 Å². The van der Waals surface area contributed by atoms with E-state index in [9.17, 15) is 4.79 Å². The van der Waals surface area contributed by atoms with Crippen molar-refractivity contribution >= 4 is 40.3 Å². The highest BCUT2D eigenvalue weighted by atomic mass is 32.2. The van der Waals surface area contributed by atoms with Crippen molar-refractivity contribution in [3.05, 3.63) is 41.3 Å². The first-order valence-electron chi connectivity index (χ1n) is 7.36. The highest BCUT2D eigenvalue weighted by molar-refractivity contribution is 8.26. The van der Waals surface area contributed by atoms with E-state index >= 15 is 0 Å². The van der Waals surface area contributed by atoms with Gasteiger partial charge in [-0.2, -0.15) is 0 Å². The molecule has 0 saturated carbocycles. The molecule has 23 heavy (non-hydrogen) atoms. The summed E-state index contributed by atoms with van der Waals surface area (Å²) in [6.07, 6.45) is 3.48. The molecule has 1 amide bonds. The smallest absolute Gasteiger partial charge is 0.266 e. The van der Waals surface area contributed by atoms with Crippen molar-refractivity contribution in [3.63, 3.8) is 0 Å². The van der Waals surface area contributed by atoms with Gasteiger partial charge in [-0.3, -0.25) is 9.69 Å². The Morgan fingerprint density at radius 2 is 1.96 bits per heavy atom. The number of carbonyl (C=O) groups is 1. The van der Waals surface area contributed by atoms with Gasteiger partial charge < -0.3 is 9.47 Å². The maximum atomic E-state index is 12.3. The Hall–Kier alpha value is -1.79. The first-order chi connectivity index (χ1) is 11.1. The fourth-order valence-electron chi connectivity index (χ4n) is 2.10. The molecule has 1 aromatic carbocycles. The second-order valence-electron chi connectivity index (χ2n) is 4.65. The molecule has 122 valence electrons. The zero-order valence-electron chi connectivity index (χ0n) is 13.2. The minimum Gasteiger partial charge on any atom is -0.490 e. The number of carbonyl (C=O) groups excluding carboxylic acids is 1. The van der Waals surface area contributed by atoms with E-state index in [-0.39, 0.29) is 5.91 Å². The molecule has 0 aliphatic carbocycles. The van der Waals surface area contributed by atoms with E-state index in [1.54, 1.807) is 6.08 Å². The van der Waals surface area contributed by atoms with Crippen LogP contribution >= 0.6 is 24.0 Å². The largest absolute Gasteiger partial charge is 0.490 e. The summed E-state index contributed by atoms with van der Waals surface area (Å²) in [6.45, 7) is 9.04. The molecule has 6 heteroatoms. The molecule has 0 unspecified atom stereocenters. The average molecular weight is 349 g/mol. The highest BCUT2D eigenvalue weighted by Gasteiger charge is 2.30. The van der Waals surface area contributed by atoms with E-state index in [1.807, 2.05) is 38.1 Å². The molecular weight excluding hydrogens is 330 g/mol. The van der Waals surface area contributed by atoms with Crippen LogP contribution in [0.2, 0.25) is 0 Å². The van der Waals surface area contributed by atoms with Crippen LogP contribution in [-0.4, -0.2) is 34.9 Å². The Morgan fingerprint density at radius 1 is 1.26 bits per heavy atom. The van der Waals surface area contributed by atoms with Crippen molar-refractivity contribution in [2.75, 3.05) is 19.8 Å². The summed E-state index contributed by atoms with van der Waals surface area (Å²) in [6, 6.07) is 5.62. The average Bonchev–Trinajstić information content (AvgIpc) is 2.78. The van der Waals surface area contributed by atoms with Crippen molar-refractivity contribution in [3.8, 4) is 11.5 Å². The van der Waals surface area contributed by atoms with Crippen molar-refractivity contribution in [1.29, 1.82) is 0 Å². The van der Waals surface area contributed by atoms with Crippen molar-refractivity contribution in [2.45, 2.75) is 13.8 Å². The minimum atomic E-state index is -0.0910. The van der Waals surface area contributed by atoms with Crippen LogP contribution in [0, 0.1) is 0 Å². The fourth-order valence-corrected chi connectivity index (χ4v) is 3.37. The molecule has 2 rings (SSSR count). The number of benzene rings is 1. The molecule has 1 aliphatic heterocycles. The lowest BCUT2D eigenvalue weighted by molar-refractivity contribution is -0.121. The van der Waals surface area contributed by atoms with Gasteiger partial charge in [-0.15, -0.1) is 6.58 Å². The van der Waals surface area contributed by atoms with Gasteiger partial charge in [-0.25, -0.2) is 0 Å². The Kier molecular flexibility index (Phi) is 6.24. The molecular formula is C17H19NO3S2. The molecule has 1 aliphatic rings. The second kappa shape index (κ2) is 8.17. The number of hydrogen-bond donors (Lipinski definition) is 0. The van der Waals surface area contributed by atoms with Crippen molar-refractivity contribution in [1.82, 2.24) is 4.90 Å². The van der Waals surface area contributed by atoms with Gasteiger partial charge in [0, 0.05) is 6.54 Å². The van der Waals surface area contributed by atoms with Crippen LogP contribution in [0.15, 0.2) is 35.8 Å². The van der Waals surface area contributed by atoms with Gasteiger partial charge in [0.1, 0.15) is 4.32 Å². The third-order valence-electron chi connectivity index (χ3n) is 3.05. The number of thiocarbonyl (C=S) groups is 1. The van der Waals surface area contributed by atoms with Gasteiger partial charge in [0.15, 0.2) is 11.5 Å². The molecule has 1 saturated heterocycles. The van der Waals surface area contributed by atoms with Gasteiger partial charge in [-0.05, 0) is 37.6 Å². The number of nitrogens with zero attached hydrogens (tertiary/aromatic N) is 1. The third kappa shape index (κ3) is 4.14. The first-order valence-corrected chi connectivity index (χ1v) is 8.59. The predicted molar refractivity (Wildman–Crippen MR) is 98.9 cm³/mol. The zero-order valence-corrected chi connectivity index (χ0v) is 14.8. The van der Waals surface area contributed by atoms with Crippen LogP contribution in [0.25, 0.3) is 6.08 Å². The molecule has 0 N–H and O–H groups in total. The van der Waals surface area contributed by atoms with E-state index < -0.39 is 0 Å². The highest BCUT2D eigenvalue weighted by Crippen LogP contribution is 2.34. The summed E-state index contributed by atoms with van der Waals surface area (Å²) in [5, 5.41) is 0. The molecule has 0 spiro atoms. The molecule has 4 nitrogen and oxygen atoms in total. The SMILES string of the molecule is C=CCN1C(=O)C(=Cc2ccc(OCC)c(OCC)c2)SC1=S. The summed E-state index contributed by atoms with van der Waals surface area (Å²) in [4.78, 5) is 14.5. The number of amides is 1. The van der Waals surface area contributed by atoms with Crippen LogP contribution < -0.4 is 9.47 Å². The maximum absolute atomic E-state index is 12.3. The van der Waals surface area contributed by atoms with Crippen molar-refractivity contribution in [2.24, 2.45) is 0 Å². The van der Waals surface area contributed by atoms with E-state index in [2.05, 4.69) is 6.58 Å². The quantitative estimate of drug-likeness (QED) is 0.424. The Bertz CT molecular complexity index is 655. The van der Waals surface area contributed by atoms with E-state index in [0.717, 1.165) is 5.56 Å². The van der Waals surface area contributed by atoms with Gasteiger partial charge in [0.25, 0.3) is 5.91 Å². The number of ether oxygens (including phenoxy) is 2. The van der Waals surface area contributed by atoms with Gasteiger partial charge in [0.05, 0.1) is 18.1 Å². The number of hydrogen-bond acceptors (Lipinski definition) is 5. The summed E-state index contributed by atoms with van der Waals surface area (Å²) in [5.41, 5.74) is 0.871. The lowest BCUT2D eigenvalue weighted by Gasteiger charge is -2.11. The summed E-state index contributed by atoms with van der Waals surface area (Å²) >= 11 is 6.53. The van der Waals surface area contributed by atoms with Crippen LogP contribution in [0.3, 0.4) is 0 Å². The molecule has 0 aromatic heterocycles.